The average molecular weight is 730 g/mol. The van der Waals surface area contributed by atoms with Gasteiger partial charge in [0.05, 0.1) is 0 Å². The number of fused-ring (bicyclic) bond motifs is 1. The van der Waals surface area contributed by atoms with Gasteiger partial charge >= 0.3 is 251 Å². The van der Waals surface area contributed by atoms with Crippen LogP contribution in [0.25, 0.3) is 0 Å². The molecule has 0 aromatic heterocycles. The normalized spacial score (nSPS) is 14.0. The number of nitrogens with one attached hydrogen (secondary N) is 2. The third-order valence-corrected chi connectivity index (χ3v) is 9.61. The van der Waals surface area contributed by atoms with Crippen molar-refractivity contribution in [2.45, 2.75) is 83.1 Å². The van der Waals surface area contributed by atoms with Gasteiger partial charge in [-0.2, -0.15) is 0 Å². The fourth-order valence-corrected chi connectivity index (χ4v) is 6.81. The SMILES string of the molecule is CC1=C([Se]CC(OC(=O)[C@@H](CO)NC(=O)OC(C)(C)C)C(=O)NCCCCCC(=O)OCc2ccccc2)C(=O)c2ccccc2C1=O. The summed E-state index contributed by atoms with van der Waals surface area (Å²) in [5.41, 5.74) is 0.881. The average Bonchev–Trinajstić information content (AvgIpc) is 3.05. The number of ketones is 2. The molecule has 0 aliphatic heterocycles. The molecule has 258 valence electrons. The maximum atomic E-state index is 13.3. The molecule has 0 heterocycles. The summed E-state index contributed by atoms with van der Waals surface area (Å²) >= 11 is -0.764. The number of ether oxygens (including phenoxy) is 3. The molecule has 0 radical (unpaired) electrons. The predicted molar refractivity (Wildman–Crippen MR) is 176 cm³/mol. The molecule has 0 spiro atoms. The molecule has 0 fully saturated rings. The molecule has 0 bridgehead atoms. The zero-order chi connectivity index (χ0) is 35.3. The fourth-order valence-electron chi connectivity index (χ4n) is 4.53. The van der Waals surface area contributed by atoms with E-state index in [-0.39, 0.29) is 58.0 Å². The minimum atomic E-state index is -1.52. The van der Waals surface area contributed by atoms with Crippen LogP contribution in [0, 0.1) is 0 Å². The first-order chi connectivity index (χ1) is 22.8. The number of carbonyl (C=O) groups is 6. The molecule has 2 atom stereocenters. The van der Waals surface area contributed by atoms with Crippen LogP contribution >= 0.6 is 0 Å². The van der Waals surface area contributed by atoms with Crippen LogP contribution in [0.4, 0.5) is 4.79 Å². The van der Waals surface area contributed by atoms with E-state index in [2.05, 4.69) is 10.6 Å². The first-order valence-electron chi connectivity index (χ1n) is 15.6. The number of Topliss-reactive ketones (excluding diaryl/α,β-unsaturated/α-hetero) is 2. The van der Waals surface area contributed by atoms with E-state index >= 15 is 0 Å². The van der Waals surface area contributed by atoms with Gasteiger partial charge in [0, 0.05) is 0 Å². The third kappa shape index (κ3) is 11.7. The van der Waals surface area contributed by atoms with E-state index in [4.69, 9.17) is 14.2 Å². The van der Waals surface area contributed by atoms with Crippen molar-refractivity contribution in [2.24, 2.45) is 0 Å². The number of esters is 2. The van der Waals surface area contributed by atoms with Crippen molar-refractivity contribution in [3.05, 3.63) is 81.3 Å². The molecule has 48 heavy (non-hydrogen) atoms. The molecular weight excluding hydrogens is 687 g/mol. The Morgan fingerprint density at radius 3 is 2.19 bits per heavy atom. The van der Waals surface area contributed by atoms with Crippen LogP contribution in [-0.4, -0.2) is 86.5 Å². The fraction of sp³-hybridized carbons (Fsp3) is 0.429. The molecule has 3 N–H and O–H groups in total. The summed E-state index contributed by atoms with van der Waals surface area (Å²) < 4.78 is 16.2. The van der Waals surface area contributed by atoms with Crippen molar-refractivity contribution in [3.8, 4) is 0 Å². The molecule has 0 saturated heterocycles. The van der Waals surface area contributed by atoms with Crippen LogP contribution in [0.1, 0.15) is 79.7 Å². The Labute approximate surface area is 286 Å². The first-order valence-corrected chi connectivity index (χ1v) is 17.7. The number of alkyl carbamates (subject to hydrolysis) is 1. The summed E-state index contributed by atoms with van der Waals surface area (Å²) in [6.45, 7) is 6.04. The second-order valence-electron chi connectivity index (χ2n) is 12.0. The van der Waals surface area contributed by atoms with Gasteiger partial charge < -0.3 is 0 Å². The third-order valence-electron chi connectivity index (χ3n) is 6.99. The van der Waals surface area contributed by atoms with Crippen LogP contribution in [0.2, 0.25) is 5.32 Å². The van der Waals surface area contributed by atoms with Gasteiger partial charge in [-0.05, 0) is 5.56 Å². The van der Waals surface area contributed by atoms with Crippen LogP contribution in [0.3, 0.4) is 0 Å². The van der Waals surface area contributed by atoms with Gasteiger partial charge in [0.15, 0.2) is 0 Å². The number of amides is 2. The summed E-state index contributed by atoms with van der Waals surface area (Å²) in [6, 6.07) is 14.3. The summed E-state index contributed by atoms with van der Waals surface area (Å²) in [6.07, 6.45) is -0.439. The van der Waals surface area contributed by atoms with Gasteiger partial charge in [-0.1, -0.05) is 30.3 Å². The predicted octanol–water partition coefficient (Wildman–Crippen LogP) is 3.68. The number of allylic oxidation sites excluding steroid dienone is 2. The molecule has 0 saturated carbocycles. The Hall–Kier alpha value is -4.32. The number of aliphatic hydroxyl groups is 1. The Balaban J connectivity index is 1.59. The van der Waals surface area contributed by atoms with E-state index in [0.717, 1.165) is 5.56 Å². The van der Waals surface area contributed by atoms with Crippen molar-refractivity contribution in [1.82, 2.24) is 10.6 Å². The zero-order valence-corrected chi connectivity index (χ0v) is 29.3. The quantitative estimate of drug-likeness (QED) is 0.100. The van der Waals surface area contributed by atoms with Crippen LogP contribution in [-0.2, 0) is 35.2 Å². The van der Waals surface area contributed by atoms with Crippen molar-refractivity contribution >= 4 is 50.5 Å². The number of aliphatic hydroxyl groups excluding tert-OH is 1. The van der Waals surface area contributed by atoms with Gasteiger partial charge in [-0.25, -0.2) is 0 Å². The van der Waals surface area contributed by atoms with E-state index in [9.17, 15) is 33.9 Å². The summed E-state index contributed by atoms with van der Waals surface area (Å²) in [4.78, 5) is 76.8. The number of benzene rings is 2. The number of rotatable bonds is 16. The van der Waals surface area contributed by atoms with Crippen molar-refractivity contribution in [1.29, 1.82) is 0 Å². The topological polar surface area (TPSA) is 174 Å². The molecule has 13 heteroatoms. The zero-order valence-electron chi connectivity index (χ0n) is 27.5. The first kappa shape index (κ1) is 38.1. The van der Waals surface area contributed by atoms with Crippen LogP contribution < -0.4 is 10.6 Å². The summed E-state index contributed by atoms with van der Waals surface area (Å²) in [5.74, 6) is -2.65. The molecular formula is C35H42N2O10Se. The second kappa shape index (κ2) is 18.3. The van der Waals surface area contributed by atoms with Crippen LogP contribution in [0.15, 0.2) is 64.6 Å². The molecule has 12 nitrogen and oxygen atoms in total. The van der Waals surface area contributed by atoms with E-state index in [1.54, 1.807) is 52.0 Å². The van der Waals surface area contributed by atoms with Gasteiger partial charge in [-0.3, -0.25) is 0 Å². The van der Waals surface area contributed by atoms with E-state index < -0.39 is 57.3 Å². The van der Waals surface area contributed by atoms with Gasteiger partial charge in [0.2, 0.25) is 0 Å². The second-order valence-corrected chi connectivity index (χ2v) is 14.2. The Morgan fingerprint density at radius 2 is 1.54 bits per heavy atom. The Morgan fingerprint density at radius 1 is 0.896 bits per heavy atom. The molecule has 1 unspecified atom stereocenters. The molecule has 2 amide bonds. The number of carbonyl (C=O) groups excluding carboxylic acids is 6. The van der Waals surface area contributed by atoms with Crippen LogP contribution in [0.5, 0.6) is 0 Å². The van der Waals surface area contributed by atoms with E-state index in [1.807, 2.05) is 30.3 Å². The maximum absolute atomic E-state index is 13.3. The standard InChI is InChI=1S/C35H42N2O10Se/c1-22-29(40)24-15-10-11-16-25(24)30(41)31(22)48-21-27(46-33(43)26(19-38)37-34(44)47-35(2,3)4)32(42)36-18-12-6-9-17-28(39)45-20-23-13-7-5-8-14-23/h5,7-8,10-11,13-16,26-27,38H,6,9,12,17-21H2,1-4H3,(H,36,42)(H,37,44)/t26-,27?/m1/s1. The monoisotopic (exact) mass is 730 g/mol. The molecule has 2 aromatic rings. The summed E-state index contributed by atoms with van der Waals surface area (Å²) in [7, 11) is 0. The van der Waals surface area contributed by atoms with E-state index in [1.165, 1.54) is 0 Å². The van der Waals surface area contributed by atoms with E-state index in [0.29, 0.717) is 24.8 Å². The minimum absolute atomic E-state index is 0.0870. The molecule has 1 aliphatic rings. The van der Waals surface area contributed by atoms with Crippen molar-refractivity contribution < 1.29 is 48.1 Å². The number of unbranched alkanes of at least 4 members (excludes halogenated alkanes) is 2. The number of hydrogen-bond donors (Lipinski definition) is 3. The Kier molecular flexibility index (Phi) is 14.5. The van der Waals surface area contributed by atoms with Crippen molar-refractivity contribution in [3.63, 3.8) is 0 Å². The number of hydrogen-bond acceptors (Lipinski definition) is 10. The van der Waals surface area contributed by atoms with Gasteiger partial charge in [0.1, 0.15) is 0 Å². The van der Waals surface area contributed by atoms with Gasteiger partial charge in [-0.15, -0.1) is 0 Å². The summed E-state index contributed by atoms with van der Waals surface area (Å²) in [5, 5.41) is 14.7. The Bertz CT molecular complexity index is 1520. The molecule has 1 aliphatic carbocycles. The van der Waals surface area contributed by atoms with Crippen molar-refractivity contribution in [2.75, 3.05) is 13.2 Å². The molecule has 3 rings (SSSR count). The molecule has 2 aromatic carbocycles. The van der Waals surface area contributed by atoms with Gasteiger partial charge in [0.25, 0.3) is 0 Å².